The molecular weight excluding hydrogens is 541 g/mol. The number of aliphatic hydroxyl groups is 1. The van der Waals surface area contributed by atoms with E-state index in [1.807, 2.05) is 55.5 Å². The number of hydrogen-bond acceptors (Lipinski definition) is 5. The maximum absolute atomic E-state index is 16.2. The lowest BCUT2D eigenvalue weighted by molar-refractivity contribution is -0.149. The monoisotopic (exact) mass is 579 g/mol. The van der Waals surface area contributed by atoms with Crippen molar-refractivity contribution in [3.63, 3.8) is 0 Å². The van der Waals surface area contributed by atoms with Gasteiger partial charge in [-0.15, -0.1) is 0 Å². The maximum Gasteiger partial charge on any atom is 0.268 e. The van der Waals surface area contributed by atoms with Crippen molar-refractivity contribution in [2.75, 3.05) is 29.5 Å². The standard InChI is InChI=1S/C31H38FN3O5Si/c1-20-29(41(2,3)32)26(18-28(38)34-15-7-11-23(34)19-36)40-31(20)24-17-22(33-16-8-12-27(33)37)13-14-25(24)35(30(31)39)21-9-5-4-6-10-21/h4-6,9-10,13-14,17,20,23,26,29,36H,7-8,11-12,15-16,18-19H2,1-3H3/t20-,23+,26+,29-,31+/m1/s1. The van der Waals surface area contributed by atoms with E-state index in [1.165, 1.54) is 0 Å². The molecule has 0 bridgehead atoms. The fraction of sp³-hybridized carbons (Fsp3) is 0.516. The number of benzene rings is 2. The lowest BCUT2D eigenvalue weighted by Crippen LogP contribution is -2.44. The van der Waals surface area contributed by atoms with Gasteiger partial charge < -0.3 is 23.8 Å². The number of rotatable bonds is 6. The molecule has 3 fully saturated rings. The van der Waals surface area contributed by atoms with Crippen LogP contribution in [0.1, 0.15) is 44.6 Å². The Hall–Kier alpha value is -3.08. The van der Waals surface area contributed by atoms with Crippen molar-refractivity contribution < 1.29 is 28.3 Å². The number of nitrogens with zero attached hydrogens (tertiary/aromatic N) is 3. The number of fused-ring (bicyclic) bond motifs is 2. The molecule has 0 aromatic heterocycles. The van der Waals surface area contributed by atoms with Crippen LogP contribution >= 0.6 is 0 Å². The van der Waals surface area contributed by atoms with Gasteiger partial charge in [0.25, 0.3) is 5.91 Å². The Balaban J connectivity index is 1.46. The van der Waals surface area contributed by atoms with Crippen LogP contribution in [0.5, 0.6) is 0 Å². The van der Waals surface area contributed by atoms with Crippen LogP contribution in [0, 0.1) is 5.92 Å². The van der Waals surface area contributed by atoms with Crippen molar-refractivity contribution in [3.8, 4) is 0 Å². The summed E-state index contributed by atoms with van der Waals surface area (Å²) < 4.78 is 23.0. The third-order valence-corrected chi connectivity index (χ3v) is 12.0. The molecule has 8 nitrogen and oxygen atoms in total. The van der Waals surface area contributed by atoms with Crippen LogP contribution in [-0.2, 0) is 24.7 Å². The SMILES string of the molecule is C[C@@H]1[C@@H]([Si](C)(C)F)[C@H](CC(=O)N2CCC[C@H]2CO)O[C@@]12C(=O)N(c1ccccc1)c1ccc(N3CCCC3=O)cc12. The fourth-order valence-electron chi connectivity index (χ4n) is 7.73. The van der Waals surface area contributed by atoms with Gasteiger partial charge in [0.1, 0.15) is 0 Å². The average molecular weight is 580 g/mol. The third-order valence-electron chi connectivity index (χ3n) is 9.54. The van der Waals surface area contributed by atoms with Crippen molar-refractivity contribution >= 4 is 43.2 Å². The summed E-state index contributed by atoms with van der Waals surface area (Å²) in [6, 6.07) is 14.6. The Morgan fingerprint density at radius 3 is 2.51 bits per heavy atom. The number of halogens is 1. The molecule has 1 spiro atoms. The van der Waals surface area contributed by atoms with Gasteiger partial charge in [-0.3, -0.25) is 19.3 Å². The number of carbonyl (C=O) groups excluding carboxylic acids is 3. The average Bonchev–Trinajstić information content (AvgIpc) is 3.70. The van der Waals surface area contributed by atoms with Gasteiger partial charge in [-0.1, -0.05) is 25.1 Å². The first-order valence-corrected chi connectivity index (χ1v) is 17.6. The van der Waals surface area contributed by atoms with Crippen molar-refractivity contribution in [1.29, 1.82) is 0 Å². The second-order valence-corrected chi connectivity index (χ2v) is 16.2. The smallest absolute Gasteiger partial charge is 0.268 e. The number of likely N-dealkylation sites (tertiary alicyclic amines) is 1. The largest absolute Gasteiger partial charge is 0.394 e. The summed E-state index contributed by atoms with van der Waals surface area (Å²) in [5.74, 6) is -1.00. The molecule has 2 aromatic carbocycles. The highest BCUT2D eigenvalue weighted by atomic mass is 28.4. The van der Waals surface area contributed by atoms with E-state index >= 15 is 4.11 Å². The first kappa shape index (κ1) is 28.1. The Kier molecular flexibility index (Phi) is 7.06. The van der Waals surface area contributed by atoms with Gasteiger partial charge in [0.15, 0.2) is 5.60 Å². The Bertz CT molecular complexity index is 1370. The molecule has 0 saturated carbocycles. The van der Waals surface area contributed by atoms with Gasteiger partial charge in [-0.2, -0.15) is 0 Å². The fourth-order valence-corrected chi connectivity index (χ4v) is 10.2. The van der Waals surface area contributed by atoms with Crippen LogP contribution in [0.3, 0.4) is 0 Å². The van der Waals surface area contributed by atoms with E-state index in [2.05, 4.69) is 0 Å². The Morgan fingerprint density at radius 2 is 1.85 bits per heavy atom. The molecular formula is C31H38FN3O5Si. The van der Waals surface area contributed by atoms with Crippen molar-refractivity contribution in [3.05, 3.63) is 54.1 Å². The zero-order valence-electron chi connectivity index (χ0n) is 23.9. The summed E-state index contributed by atoms with van der Waals surface area (Å²) in [6.45, 7) is 6.16. The molecule has 4 heterocycles. The second-order valence-electron chi connectivity index (χ2n) is 12.4. The number of anilines is 3. The number of para-hydroxylation sites is 1. The number of amides is 3. The summed E-state index contributed by atoms with van der Waals surface area (Å²) in [6.07, 6.45) is 1.94. The van der Waals surface area contributed by atoms with E-state index < -0.39 is 31.6 Å². The molecule has 3 amide bonds. The predicted octanol–water partition coefficient (Wildman–Crippen LogP) is 4.64. The predicted molar refractivity (Wildman–Crippen MR) is 156 cm³/mol. The minimum Gasteiger partial charge on any atom is -0.394 e. The highest BCUT2D eigenvalue weighted by molar-refractivity contribution is 6.72. The quantitative estimate of drug-likeness (QED) is 0.398. The highest BCUT2D eigenvalue weighted by Gasteiger charge is 2.67. The Labute approximate surface area is 241 Å². The van der Waals surface area contributed by atoms with Gasteiger partial charge in [0, 0.05) is 47.9 Å². The van der Waals surface area contributed by atoms with Crippen LogP contribution in [0.25, 0.3) is 0 Å². The topological polar surface area (TPSA) is 90.4 Å². The molecule has 0 radical (unpaired) electrons. The molecule has 3 saturated heterocycles. The molecule has 10 heteroatoms. The zero-order valence-corrected chi connectivity index (χ0v) is 24.9. The summed E-state index contributed by atoms with van der Waals surface area (Å²) in [5, 5.41) is 9.80. The molecule has 41 heavy (non-hydrogen) atoms. The summed E-state index contributed by atoms with van der Waals surface area (Å²) in [7, 11) is -3.46. The van der Waals surface area contributed by atoms with E-state index in [-0.39, 0.29) is 36.8 Å². The first-order valence-electron chi connectivity index (χ1n) is 14.7. The Morgan fingerprint density at radius 1 is 1.10 bits per heavy atom. The van der Waals surface area contributed by atoms with Crippen LogP contribution < -0.4 is 9.80 Å². The molecule has 2 aromatic rings. The van der Waals surface area contributed by atoms with Crippen LogP contribution in [0.15, 0.2) is 48.5 Å². The minimum absolute atomic E-state index is 0.0336. The second kappa shape index (κ2) is 10.3. The minimum atomic E-state index is -3.46. The summed E-state index contributed by atoms with van der Waals surface area (Å²) in [4.78, 5) is 45.9. The lowest BCUT2D eigenvalue weighted by Gasteiger charge is -2.31. The van der Waals surface area contributed by atoms with Crippen LogP contribution in [0.2, 0.25) is 18.6 Å². The van der Waals surface area contributed by atoms with Gasteiger partial charge in [0.2, 0.25) is 20.2 Å². The van der Waals surface area contributed by atoms with Crippen molar-refractivity contribution in [2.24, 2.45) is 5.92 Å². The zero-order chi connectivity index (χ0) is 29.1. The first-order chi connectivity index (χ1) is 19.6. The van der Waals surface area contributed by atoms with E-state index in [9.17, 15) is 19.5 Å². The highest BCUT2D eigenvalue weighted by Crippen LogP contribution is 2.61. The molecule has 1 N–H and O–H groups in total. The van der Waals surface area contributed by atoms with Gasteiger partial charge in [0.05, 0.1) is 30.9 Å². The van der Waals surface area contributed by atoms with Gasteiger partial charge in [-0.05, 0) is 62.7 Å². The lowest BCUT2D eigenvalue weighted by atomic mass is 9.82. The molecule has 4 aliphatic heterocycles. The molecule has 4 aliphatic rings. The number of carbonyl (C=O) groups is 3. The molecule has 0 aliphatic carbocycles. The third kappa shape index (κ3) is 4.42. The van der Waals surface area contributed by atoms with Gasteiger partial charge in [-0.25, -0.2) is 0 Å². The van der Waals surface area contributed by atoms with Crippen LogP contribution in [-0.4, -0.2) is 68.0 Å². The summed E-state index contributed by atoms with van der Waals surface area (Å²) in [5.41, 5.74) is 0.506. The number of hydrogen-bond donors (Lipinski definition) is 1. The number of aliphatic hydroxyl groups excluding tert-OH is 1. The molecule has 6 rings (SSSR count). The maximum atomic E-state index is 16.2. The normalized spacial score (nSPS) is 29.7. The van der Waals surface area contributed by atoms with E-state index in [0.29, 0.717) is 42.1 Å². The van der Waals surface area contributed by atoms with E-state index in [4.69, 9.17) is 4.74 Å². The van der Waals surface area contributed by atoms with Crippen molar-refractivity contribution in [1.82, 2.24) is 4.90 Å². The van der Waals surface area contributed by atoms with E-state index in [1.54, 1.807) is 27.8 Å². The number of ether oxygens (including phenoxy) is 1. The summed E-state index contributed by atoms with van der Waals surface area (Å²) >= 11 is 0. The van der Waals surface area contributed by atoms with Gasteiger partial charge >= 0.3 is 0 Å². The molecule has 218 valence electrons. The molecule has 5 atom stereocenters. The molecule has 0 unspecified atom stereocenters. The van der Waals surface area contributed by atoms with Crippen molar-refractivity contribution in [2.45, 2.75) is 75.4 Å². The van der Waals surface area contributed by atoms with E-state index in [0.717, 1.165) is 19.3 Å². The van der Waals surface area contributed by atoms with Crippen LogP contribution in [0.4, 0.5) is 21.2 Å².